The number of carbonyl (C=O) groups excluding carboxylic acids is 1. The summed E-state index contributed by atoms with van der Waals surface area (Å²) in [6.45, 7) is 8.65. The van der Waals surface area contributed by atoms with Crippen LogP contribution < -0.4 is 5.32 Å². The molecule has 114 valence electrons. The Morgan fingerprint density at radius 2 is 2.24 bits per heavy atom. The molecule has 21 heavy (non-hydrogen) atoms. The normalized spacial score (nSPS) is 29.2. The van der Waals surface area contributed by atoms with Gasteiger partial charge in [0.25, 0.3) is 5.91 Å². The zero-order valence-electron chi connectivity index (χ0n) is 12.9. The van der Waals surface area contributed by atoms with Crippen molar-refractivity contribution in [1.29, 1.82) is 0 Å². The van der Waals surface area contributed by atoms with Crippen LogP contribution in [-0.4, -0.2) is 53.7 Å². The fourth-order valence-electron chi connectivity index (χ4n) is 3.34. The highest BCUT2D eigenvalue weighted by atomic mass is 16.5. The second kappa shape index (κ2) is 5.73. The van der Waals surface area contributed by atoms with Crippen LogP contribution in [0.1, 0.15) is 35.0 Å². The minimum Gasteiger partial charge on any atom is -0.376 e. The number of amides is 1. The van der Waals surface area contributed by atoms with Crippen molar-refractivity contribution in [2.75, 3.05) is 19.7 Å². The zero-order chi connectivity index (χ0) is 15.0. The number of pyridine rings is 1. The number of fused-ring (bicyclic) bond motifs is 1. The van der Waals surface area contributed by atoms with E-state index < -0.39 is 0 Å². The molecule has 1 N–H and O–H groups in total. The van der Waals surface area contributed by atoms with Gasteiger partial charge in [-0.2, -0.15) is 0 Å². The van der Waals surface area contributed by atoms with Crippen LogP contribution in [0.3, 0.4) is 0 Å². The second-order valence-corrected chi connectivity index (χ2v) is 6.30. The van der Waals surface area contributed by atoms with E-state index in [2.05, 4.69) is 22.1 Å². The van der Waals surface area contributed by atoms with Crippen molar-refractivity contribution < 1.29 is 9.53 Å². The summed E-state index contributed by atoms with van der Waals surface area (Å²) >= 11 is 0. The van der Waals surface area contributed by atoms with Crippen molar-refractivity contribution in [3.63, 3.8) is 0 Å². The summed E-state index contributed by atoms with van der Waals surface area (Å²) in [7, 11) is 0. The molecule has 2 saturated heterocycles. The maximum atomic E-state index is 12.4. The molecule has 0 aromatic carbocycles. The van der Waals surface area contributed by atoms with Crippen LogP contribution >= 0.6 is 0 Å². The van der Waals surface area contributed by atoms with Crippen molar-refractivity contribution in [3.8, 4) is 0 Å². The van der Waals surface area contributed by atoms with Gasteiger partial charge in [-0.1, -0.05) is 0 Å². The van der Waals surface area contributed by atoms with E-state index in [1.807, 2.05) is 19.9 Å². The molecule has 3 heterocycles. The van der Waals surface area contributed by atoms with Crippen LogP contribution in [0.25, 0.3) is 0 Å². The third-order valence-electron chi connectivity index (χ3n) is 4.42. The lowest BCUT2D eigenvalue weighted by atomic mass is 10.1. The van der Waals surface area contributed by atoms with Crippen LogP contribution in [0.2, 0.25) is 0 Å². The molecule has 2 aliphatic heterocycles. The van der Waals surface area contributed by atoms with Crippen molar-refractivity contribution in [2.24, 2.45) is 0 Å². The summed E-state index contributed by atoms with van der Waals surface area (Å²) in [5, 5.41) is 3.15. The quantitative estimate of drug-likeness (QED) is 0.891. The van der Waals surface area contributed by atoms with Gasteiger partial charge < -0.3 is 10.1 Å². The van der Waals surface area contributed by atoms with Gasteiger partial charge in [-0.05, 0) is 38.8 Å². The maximum absolute atomic E-state index is 12.4. The number of morpholine rings is 1. The molecule has 5 nitrogen and oxygen atoms in total. The standard InChI is InChI=1S/C16H23N3O2/c1-10-4-11(2)17-6-15(10)16(20)18-13-5-14-9-21-12(3)7-19(14)8-13/h4,6,12-14H,5,7-9H2,1-3H3,(H,18,20)/t12-,13+,14-/m0/s1. The van der Waals surface area contributed by atoms with Gasteiger partial charge in [-0.3, -0.25) is 14.7 Å². The van der Waals surface area contributed by atoms with Gasteiger partial charge in [-0.15, -0.1) is 0 Å². The monoisotopic (exact) mass is 289 g/mol. The number of ether oxygens (including phenoxy) is 1. The van der Waals surface area contributed by atoms with Gasteiger partial charge in [0.15, 0.2) is 0 Å². The van der Waals surface area contributed by atoms with Gasteiger partial charge in [-0.25, -0.2) is 0 Å². The lowest BCUT2D eigenvalue weighted by Gasteiger charge is -2.33. The minimum absolute atomic E-state index is 0.0150. The first kappa shape index (κ1) is 14.5. The lowest BCUT2D eigenvalue weighted by molar-refractivity contribution is -0.0390. The molecule has 0 bridgehead atoms. The maximum Gasteiger partial charge on any atom is 0.253 e. The van der Waals surface area contributed by atoms with Crippen molar-refractivity contribution in [2.45, 2.75) is 45.4 Å². The van der Waals surface area contributed by atoms with E-state index in [1.165, 1.54) is 0 Å². The zero-order valence-corrected chi connectivity index (χ0v) is 12.9. The summed E-state index contributed by atoms with van der Waals surface area (Å²) in [4.78, 5) is 19.1. The SMILES string of the molecule is Cc1cc(C)c(C(=O)N[C@@H]2C[C@H]3CO[C@@H](C)CN3C2)cn1. The van der Waals surface area contributed by atoms with Gasteiger partial charge in [0, 0.05) is 37.1 Å². The average Bonchev–Trinajstić information content (AvgIpc) is 2.79. The Morgan fingerprint density at radius 3 is 3.00 bits per heavy atom. The first-order chi connectivity index (χ1) is 10.0. The van der Waals surface area contributed by atoms with Gasteiger partial charge >= 0.3 is 0 Å². The molecule has 5 heteroatoms. The van der Waals surface area contributed by atoms with Crippen LogP contribution in [-0.2, 0) is 4.74 Å². The Kier molecular flexibility index (Phi) is 3.95. The molecule has 3 rings (SSSR count). The fraction of sp³-hybridized carbons (Fsp3) is 0.625. The fourth-order valence-corrected chi connectivity index (χ4v) is 3.34. The van der Waals surface area contributed by atoms with Crippen molar-refractivity contribution >= 4 is 5.91 Å². The summed E-state index contributed by atoms with van der Waals surface area (Å²) < 4.78 is 5.70. The third kappa shape index (κ3) is 3.09. The Labute approximate surface area is 125 Å². The average molecular weight is 289 g/mol. The van der Waals surface area contributed by atoms with E-state index in [9.17, 15) is 4.79 Å². The molecule has 2 aliphatic rings. The van der Waals surface area contributed by atoms with E-state index in [0.717, 1.165) is 37.4 Å². The van der Waals surface area contributed by atoms with Gasteiger partial charge in [0.2, 0.25) is 0 Å². The molecule has 1 aromatic heterocycles. The third-order valence-corrected chi connectivity index (χ3v) is 4.42. The molecule has 0 radical (unpaired) electrons. The van der Waals surface area contributed by atoms with E-state index in [4.69, 9.17) is 4.74 Å². The Bertz CT molecular complexity index is 546. The highest BCUT2D eigenvalue weighted by Crippen LogP contribution is 2.23. The molecule has 1 aromatic rings. The molecular weight excluding hydrogens is 266 g/mol. The largest absolute Gasteiger partial charge is 0.376 e. The number of carbonyl (C=O) groups is 1. The molecule has 0 saturated carbocycles. The van der Waals surface area contributed by atoms with Gasteiger partial charge in [0.05, 0.1) is 18.3 Å². The molecule has 1 amide bonds. The molecular formula is C16H23N3O2. The van der Waals surface area contributed by atoms with E-state index in [1.54, 1.807) is 6.20 Å². The van der Waals surface area contributed by atoms with Crippen molar-refractivity contribution in [1.82, 2.24) is 15.2 Å². The van der Waals surface area contributed by atoms with Crippen LogP contribution in [0.5, 0.6) is 0 Å². The highest BCUT2D eigenvalue weighted by molar-refractivity contribution is 5.95. The minimum atomic E-state index is -0.0150. The number of hydrogen-bond donors (Lipinski definition) is 1. The topological polar surface area (TPSA) is 54.5 Å². The number of aromatic nitrogens is 1. The lowest BCUT2D eigenvalue weighted by Crippen LogP contribution is -2.45. The Morgan fingerprint density at radius 1 is 1.43 bits per heavy atom. The highest BCUT2D eigenvalue weighted by Gasteiger charge is 2.36. The Balaban J connectivity index is 1.63. The summed E-state index contributed by atoms with van der Waals surface area (Å²) in [5.74, 6) is -0.0150. The predicted molar refractivity (Wildman–Crippen MR) is 80.4 cm³/mol. The molecule has 2 fully saturated rings. The number of rotatable bonds is 2. The van der Waals surface area contributed by atoms with Crippen molar-refractivity contribution in [3.05, 3.63) is 29.1 Å². The van der Waals surface area contributed by atoms with E-state index in [-0.39, 0.29) is 11.9 Å². The predicted octanol–water partition coefficient (Wildman–Crippen LogP) is 1.29. The second-order valence-electron chi connectivity index (χ2n) is 6.30. The first-order valence-electron chi connectivity index (χ1n) is 7.62. The van der Waals surface area contributed by atoms with Gasteiger partial charge in [0.1, 0.15) is 0 Å². The summed E-state index contributed by atoms with van der Waals surface area (Å²) in [6, 6.07) is 2.60. The molecule has 0 aliphatic carbocycles. The van der Waals surface area contributed by atoms with E-state index in [0.29, 0.717) is 17.7 Å². The summed E-state index contributed by atoms with van der Waals surface area (Å²) in [5.41, 5.74) is 2.59. The number of nitrogens with one attached hydrogen (secondary N) is 1. The number of nitrogens with zero attached hydrogens (tertiary/aromatic N) is 2. The molecule has 3 atom stereocenters. The van der Waals surface area contributed by atoms with Crippen LogP contribution in [0.4, 0.5) is 0 Å². The van der Waals surface area contributed by atoms with Crippen LogP contribution in [0, 0.1) is 13.8 Å². The smallest absolute Gasteiger partial charge is 0.253 e. The first-order valence-corrected chi connectivity index (χ1v) is 7.62. The molecule has 0 unspecified atom stereocenters. The van der Waals surface area contributed by atoms with Crippen LogP contribution in [0.15, 0.2) is 12.3 Å². The Hall–Kier alpha value is -1.46. The number of aryl methyl sites for hydroxylation is 2. The number of hydrogen-bond acceptors (Lipinski definition) is 4. The molecule has 0 spiro atoms. The summed E-state index contributed by atoms with van der Waals surface area (Å²) in [6.07, 6.45) is 2.93. The van der Waals surface area contributed by atoms with E-state index >= 15 is 0 Å².